The first-order chi connectivity index (χ1) is 8.89. The highest BCUT2D eigenvalue weighted by Gasteiger charge is 2.19. The van der Waals surface area contributed by atoms with E-state index in [0.29, 0.717) is 15.9 Å². The summed E-state index contributed by atoms with van der Waals surface area (Å²) >= 11 is 3.33. The van der Waals surface area contributed by atoms with Gasteiger partial charge in [-0.3, -0.25) is 4.79 Å². The number of carbonyl (C=O) groups excluding carboxylic acids is 1. The fourth-order valence-corrected chi connectivity index (χ4v) is 4.33. The van der Waals surface area contributed by atoms with Gasteiger partial charge in [-0.05, 0) is 30.2 Å². The molecule has 1 amide bonds. The van der Waals surface area contributed by atoms with E-state index in [1.807, 2.05) is 6.92 Å². The second kappa shape index (κ2) is 7.05. The van der Waals surface area contributed by atoms with Gasteiger partial charge in [0, 0.05) is 17.9 Å². The first-order valence-electron chi connectivity index (χ1n) is 6.05. The molecule has 0 saturated heterocycles. The summed E-state index contributed by atoms with van der Waals surface area (Å²) in [6.07, 6.45) is 0.814. The van der Waals surface area contributed by atoms with E-state index in [2.05, 4.69) is 21.2 Å². The monoisotopic (exact) mass is 347 g/mol. The lowest BCUT2D eigenvalue weighted by atomic mass is 10.2. The summed E-state index contributed by atoms with van der Waals surface area (Å²) in [4.78, 5) is 11.2. The van der Waals surface area contributed by atoms with E-state index >= 15 is 0 Å². The van der Waals surface area contributed by atoms with Crippen LogP contribution in [-0.4, -0.2) is 25.4 Å². The average molecular weight is 348 g/mol. The first-order valence-corrected chi connectivity index (χ1v) is 8.82. The molecular weight excluding hydrogens is 330 g/mol. The number of rotatable bonds is 6. The molecule has 0 heterocycles. The van der Waals surface area contributed by atoms with Crippen LogP contribution in [0.1, 0.15) is 20.3 Å². The molecule has 1 unspecified atom stereocenters. The van der Waals surface area contributed by atoms with Crippen molar-refractivity contribution in [3.63, 3.8) is 0 Å². The molecule has 106 valence electrons. The number of sulfone groups is 1. The predicted molar refractivity (Wildman–Crippen MR) is 80.4 cm³/mol. The summed E-state index contributed by atoms with van der Waals surface area (Å²) in [5.41, 5.74) is 0.596. The zero-order valence-electron chi connectivity index (χ0n) is 11.0. The molecule has 0 spiro atoms. The summed E-state index contributed by atoms with van der Waals surface area (Å²) < 4.78 is 24.4. The lowest BCUT2D eigenvalue weighted by Gasteiger charge is -2.12. The van der Waals surface area contributed by atoms with Crippen molar-refractivity contribution in [1.29, 1.82) is 0 Å². The van der Waals surface area contributed by atoms with Gasteiger partial charge in [0.1, 0.15) is 0 Å². The van der Waals surface area contributed by atoms with Crippen molar-refractivity contribution in [3.05, 3.63) is 24.3 Å². The maximum atomic E-state index is 12.2. The molecule has 6 heteroatoms. The van der Waals surface area contributed by atoms with E-state index < -0.39 is 9.84 Å². The number of benzene rings is 1. The van der Waals surface area contributed by atoms with Gasteiger partial charge in [-0.25, -0.2) is 8.42 Å². The standard InChI is InChI=1S/C13H18BrNO3S/c1-3-11(8-14)9-19(17,18)13-6-4-12(5-7-13)15-10(2)16/h4-7,11H,3,8-9H2,1-2H3,(H,15,16). The van der Waals surface area contributed by atoms with Crippen molar-refractivity contribution in [3.8, 4) is 0 Å². The Bertz CT molecular complexity index is 521. The van der Waals surface area contributed by atoms with E-state index in [1.165, 1.54) is 19.1 Å². The van der Waals surface area contributed by atoms with Crippen LogP contribution < -0.4 is 5.32 Å². The number of amides is 1. The van der Waals surface area contributed by atoms with Crippen molar-refractivity contribution in [2.75, 3.05) is 16.4 Å². The van der Waals surface area contributed by atoms with Crippen LogP contribution in [0.3, 0.4) is 0 Å². The van der Waals surface area contributed by atoms with E-state index in [-0.39, 0.29) is 17.6 Å². The Kier molecular flexibility index (Phi) is 6.00. The fourth-order valence-electron chi connectivity index (χ4n) is 1.63. The van der Waals surface area contributed by atoms with Crippen molar-refractivity contribution < 1.29 is 13.2 Å². The zero-order valence-corrected chi connectivity index (χ0v) is 13.4. The normalized spacial score (nSPS) is 13.0. The molecular formula is C13H18BrNO3S. The van der Waals surface area contributed by atoms with Gasteiger partial charge in [-0.1, -0.05) is 29.3 Å². The molecule has 0 aliphatic rings. The maximum Gasteiger partial charge on any atom is 0.221 e. The largest absolute Gasteiger partial charge is 0.326 e. The molecule has 0 aliphatic carbocycles. The molecule has 0 radical (unpaired) electrons. The molecule has 1 N–H and O–H groups in total. The van der Waals surface area contributed by atoms with Crippen LogP contribution in [0.25, 0.3) is 0 Å². The van der Waals surface area contributed by atoms with Crippen LogP contribution in [0.2, 0.25) is 0 Å². The molecule has 1 aromatic rings. The van der Waals surface area contributed by atoms with Gasteiger partial charge < -0.3 is 5.32 Å². The van der Waals surface area contributed by atoms with Gasteiger partial charge in [0.15, 0.2) is 9.84 Å². The summed E-state index contributed by atoms with van der Waals surface area (Å²) in [5.74, 6) is 0.0646. The van der Waals surface area contributed by atoms with Crippen LogP contribution in [0, 0.1) is 5.92 Å². The topological polar surface area (TPSA) is 63.2 Å². The van der Waals surface area contributed by atoms with Crippen LogP contribution >= 0.6 is 15.9 Å². The second-order valence-corrected chi connectivity index (χ2v) is 7.10. The quantitative estimate of drug-likeness (QED) is 0.804. The van der Waals surface area contributed by atoms with Gasteiger partial charge in [0.25, 0.3) is 0 Å². The van der Waals surface area contributed by atoms with Crippen molar-refractivity contribution in [2.24, 2.45) is 5.92 Å². The maximum absolute atomic E-state index is 12.2. The van der Waals surface area contributed by atoms with E-state index in [9.17, 15) is 13.2 Å². The molecule has 0 fully saturated rings. The minimum Gasteiger partial charge on any atom is -0.326 e. The SMILES string of the molecule is CCC(CBr)CS(=O)(=O)c1ccc(NC(C)=O)cc1. The van der Waals surface area contributed by atoms with Gasteiger partial charge in [-0.15, -0.1) is 0 Å². The molecule has 4 nitrogen and oxygen atoms in total. The molecule has 19 heavy (non-hydrogen) atoms. The Labute approximate surface area is 122 Å². The van der Waals surface area contributed by atoms with Crippen molar-refractivity contribution in [1.82, 2.24) is 0 Å². The minimum atomic E-state index is -3.27. The summed E-state index contributed by atoms with van der Waals surface area (Å²) in [6.45, 7) is 3.38. The van der Waals surface area contributed by atoms with Crippen LogP contribution in [0.15, 0.2) is 29.2 Å². The highest BCUT2D eigenvalue weighted by atomic mass is 79.9. The third-order valence-corrected chi connectivity index (χ3v) is 5.60. The summed E-state index contributed by atoms with van der Waals surface area (Å²) in [7, 11) is -3.27. The first kappa shape index (κ1) is 16.2. The lowest BCUT2D eigenvalue weighted by Crippen LogP contribution is -2.17. The van der Waals surface area contributed by atoms with Gasteiger partial charge >= 0.3 is 0 Å². The molecule has 1 atom stereocenters. The molecule has 0 aromatic heterocycles. The number of carbonyl (C=O) groups is 1. The van der Waals surface area contributed by atoms with Crippen LogP contribution in [0.5, 0.6) is 0 Å². The van der Waals surface area contributed by atoms with Crippen molar-refractivity contribution in [2.45, 2.75) is 25.2 Å². The average Bonchev–Trinajstić information content (AvgIpc) is 2.36. The predicted octanol–water partition coefficient (Wildman–Crippen LogP) is 2.84. The van der Waals surface area contributed by atoms with Gasteiger partial charge in [0.2, 0.25) is 5.91 Å². The smallest absolute Gasteiger partial charge is 0.221 e. The molecule has 0 aliphatic heterocycles. The minimum absolute atomic E-state index is 0.111. The summed E-state index contributed by atoms with van der Waals surface area (Å²) in [5, 5.41) is 3.28. The Balaban J connectivity index is 2.87. The Morgan fingerprint density at radius 3 is 2.32 bits per heavy atom. The Hall–Kier alpha value is -0.880. The summed E-state index contributed by atoms with van der Waals surface area (Å²) in [6, 6.07) is 6.26. The van der Waals surface area contributed by atoms with E-state index in [0.717, 1.165) is 6.42 Å². The highest BCUT2D eigenvalue weighted by Crippen LogP contribution is 2.19. The van der Waals surface area contributed by atoms with Crippen LogP contribution in [0.4, 0.5) is 5.69 Å². The number of hydrogen-bond acceptors (Lipinski definition) is 3. The number of halogens is 1. The highest BCUT2D eigenvalue weighted by molar-refractivity contribution is 9.09. The number of alkyl halides is 1. The second-order valence-electron chi connectivity index (χ2n) is 4.42. The third-order valence-electron chi connectivity index (χ3n) is 2.78. The Morgan fingerprint density at radius 1 is 1.32 bits per heavy atom. The van der Waals surface area contributed by atoms with E-state index in [4.69, 9.17) is 0 Å². The molecule has 1 aromatic carbocycles. The fraction of sp³-hybridized carbons (Fsp3) is 0.462. The van der Waals surface area contributed by atoms with Gasteiger partial charge in [0.05, 0.1) is 10.6 Å². The molecule has 0 saturated carbocycles. The van der Waals surface area contributed by atoms with E-state index in [1.54, 1.807) is 12.1 Å². The number of nitrogens with one attached hydrogen (secondary N) is 1. The molecule has 0 bridgehead atoms. The van der Waals surface area contributed by atoms with Crippen molar-refractivity contribution >= 4 is 37.4 Å². The number of anilines is 1. The van der Waals surface area contributed by atoms with Crippen LogP contribution in [-0.2, 0) is 14.6 Å². The zero-order chi connectivity index (χ0) is 14.5. The molecule has 1 rings (SSSR count). The lowest BCUT2D eigenvalue weighted by molar-refractivity contribution is -0.114. The number of hydrogen-bond donors (Lipinski definition) is 1. The van der Waals surface area contributed by atoms with Gasteiger partial charge in [-0.2, -0.15) is 0 Å². The Morgan fingerprint density at radius 2 is 1.89 bits per heavy atom. The third kappa shape index (κ3) is 4.95.